The monoisotopic (exact) mass is 388 g/mol. The van der Waals surface area contributed by atoms with Crippen molar-refractivity contribution in [3.8, 4) is 0 Å². The van der Waals surface area contributed by atoms with Crippen molar-refractivity contribution in [2.24, 2.45) is 0 Å². The lowest BCUT2D eigenvalue weighted by Gasteiger charge is -2.46. The van der Waals surface area contributed by atoms with Gasteiger partial charge in [0.1, 0.15) is 12.0 Å². The average molecular weight is 389 g/mol. The summed E-state index contributed by atoms with van der Waals surface area (Å²) in [5.41, 5.74) is 7.96. The number of halogens is 1. The van der Waals surface area contributed by atoms with E-state index in [1.807, 2.05) is 24.3 Å². The van der Waals surface area contributed by atoms with Gasteiger partial charge in [0.2, 0.25) is 0 Å². The molecule has 0 bridgehead atoms. The van der Waals surface area contributed by atoms with Crippen LogP contribution in [-0.4, -0.2) is 27.1 Å². The highest BCUT2D eigenvalue weighted by Gasteiger charge is 2.37. The highest BCUT2D eigenvalue weighted by atomic mass is 35.5. The van der Waals surface area contributed by atoms with Crippen LogP contribution in [0.2, 0.25) is 5.02 Å². The molecule has 5 N–H and O–H groups in total. The van der Waals surface area contributed by atoms with Crippen molar-refractivity contribution in [2.75, 3.05) is 16.4 Å². The van der Waals surface area contributed by atoms with Gasteiger partial charge in [0.25, 0.3) is 0 Å². The molecule has 0 spiro atoms. The lowest BCUT2D eigenvalue weighted by Crippen LogP contribution is -2.60. The van der Waals surface area contributed by atoms with Crippen molar-refractivity contribution in [2.45, 2.75) is 64.2 Å². The first kappa shape index (κ1) is 19.7. The van der Waals surface area contributed by atoms with Crippen LogP contribution in [0.4, 0.5) is 17.3 Å². The van der Waals surface area contributed by atoms with E-state index in [0.717, 1.165) is 23.4 Å². The molecule has 7 heteroatoms. The number of anilines is 3. The van der Waals surface area contributed by atoms with E-state index in [2.05, 4.69) is 53.6 Å². The number of hydrogen-bond donors (Lipinski definition) is 4. The number of nitrogens with zero attached hydrogens (tertiary/aromatic N) is 2. The second-order valence-electron chi connectivity index (χ2n) is 8.57. The summed E-state index contributed by atoms with van der Waals surface area (Å²) in [7, 11) is 0. The lowest BCUT2D eigenvalue weighted by atomic mass is 9.79. The number of hydrogen-bond acceptors (Lipinski definition) is 6. The number of aromatic nitrogens is 2. The van der Waals surface area contributed by atoms with Crippen LogP contribution in [-0.2, 0) is 6.54 Å². The van der Waals surface area contributed by atoms with Crippen LogP contribution in [0.5, 0.6) is 0 Å². The molecule has 6 nitrogen and oxygen atoms in total. The van der Waals surface area contributed by atoms with Crippen LogP contribution in [0.1, 0.15) is 46.1 Å². The largest absolute Gasteiger partial charge is 0.393 e. The average Bonchev–Trinajstić information content (AvgIpc) is 2.54. The highest BCUT2D eigenvalue weighted by Crippen LogP contribution is 2.32. The number of benzene rings is 1. The third-order valence-corrected chi connectivity index (χ3v) is 5.19. The second kappa shape index (κ2) is 7.52. The van der Waals surface area contributed by atoms with Gasteiger partial charge in [0, 0.05) is 28.7 Å². The van der Waals surface area contributed by atoms with E-state index in [0.29, 0.717) is 23.9 Å². The molecule has 2 aromatic rings. The zero-order valence-electron chi connectivity index (χ0n) is 16.4. The maximum Gasteiger partial charge on any atom is 0.155 e. The summed E-state index contributed by atoms with van der Waals surface area (Å²) in [5.74, 6) is 1.28. The van der Waals surface area contributed by atoms with Crippen molar-refractivity contribution in [3.05, 3.63) is 41.2 Å². The smallest absolute Gasteiger partial charge is 0.155 e. The molecule has 2 heterocycles. The first-order chi connectivity index (χ1) is 12.7. The number of nitrogens with one attached hydrogen (secondary N) is 3. The fourth-order valence-corrected chi connectivity index (χ4v) is 4.29. The molecule has 0 amide bonds. The SMILES string of the molecule is CC1(C)CC(Nc2ncnc(NCc3ccccc3Cl)c2N)CC(C)(C)N1. The van der Waals surface area contributed by atoms with E-state index < -0.39 is 0 Å². The summed E-state index contributed by atoms with van der Waals surface area (Å²) >= 11 is 6.22. The second-order valence-corrected chi connectivity index (χ2v) is 8.98. The maximum atomic E-state index is 6.34. The van der Waals surface area contributed by atoms with Crippen LogP contribution in [0.3, 0.4) is 0 Å². The van der Waals surface area contributed by atoms with Gasteiger partial charge in [-0.15, -0.1) is 0 Å². The van der Waals surface area contributed by atoms with Crippen LogP contribution in [0.25, 0.3) is 0 Å². The number of nitrogens with two attached hydrogens (primary N) is 1. The Balaban J connectivity index is 1.72. The van der Waals surface area contributed by atoms with Gasteiger partial charge >= 0.3 is 0 Å². The zero-order chi connectivity index (χ0) is 19.7. The Labute approximate surface area is 166 Å². The third-order valence-electron chi connectivity index (χ3n) is 4.82. The van der Waals surface area contributed by atoms with Crippen molar-refractivity contribution < 1.29 is 0 Å². The molecule has 27 heavy (non-hydrogen) atoms. The van der Waals surface area contributed by atoms with E-state index in [1.165, 1.54) is 6.33 Å². The fourth-order valence-electron chi connectivity index (χ4n) is 4.09. The van der Waals surface area contributed by atoms with Crippen LogP contribution in [0.15, 0.2) is 30.6 Å². The van der Waals surface area contributed by atoms with Crippen LogP contribution < -0.4 is 21.7 Å². The van der Waals surface area contributed by atoms with Crippen molar-refractivity contribution in [3.63, 3.8) is 0 Å². The van der Waals surface area contributed by atoms with Gasteiger partial charge in [-0.1, -0.05) is 29.8 Å². The fraction of sp³-hybridized carbons (Fsp3) is 0.500. The molecule has 3 rings (SSSR count). The molecule has 0 atom stereocenters. The van der Waals surface area contributed by atoms with Gasteiger partial charge in [-0.3, -0.25) is 0 Å². The predicted molar refractivity (Wildman–Crippen MR) is 113 cm³/mol. The first-order valence-corrected chi connectivity index (χ1v) is 9.67. The summed E-state index contributed by atoms with van der Waals surface area (Å²) in [5, 5.41) is 11.2. The van der Waals surface area contributed by atoms with Gasteiger partial charge < -0.3 is 21.7 Å². The summed E-state index contributed by atoms with van der Waals surface area (Å²) in [4.78, 5) is 8.66. The van der Waals surface area contributed by atoms with E-state index in [1.54, 1.807) is 0 Å². The first-order valence-electron chi connectivity index (χ1n) is 9.29. The Kier molecular flexibility index (Phi) is 5.49. The van der Waals surface area contributed by atoms with Gasteiger partial charge in [-0.25, -0.2) is 9.97 Å². The summed E-state index contributed by atoms with van der Waals surface area (Å²) < 4.78 is 0. The topological polar surface area (TPSA) is 87.9 Å². The van der Waals surface area contributed by atoms with E-state index in [-0.39, 0.29) is 17.1 Å². The molecule has 1 saturated heterocycles. The summed E-state index contributed by atoms with van der Waals surface area (Å²) in [6, 6.07) is 8.00. The molecule has 0 unspecified atom stereocenters. The molecule has 1 aliphatic rings. The predicted octanol–water partition coefficient (Wildman–Crippen LogP) is 4.05. The third kappa shape index (κ3) is 5.02. The van der Waals surface area contributed by atoms with Crippen LogP contribution in [0, 0.1) is 0 Å². The lowest BCUT2D eigenvalue weighted by molar-refractivity contribution is 0.170. The molecular formula is C20H29ClN6. The molecular weight excluding hydrogens is 360 g/mol. The van der Waals surface area contributed by atoms with Gasteiger partial charge in [0.05, 0.1) is 0 Å². The Morgan fingerprint density at radius 1 is 1.11 bits per heavy atom. The van der Waals surface area contributed by atoms with Gasteiger partial charge in [-0.05, 0) is 52.2 Å². The van der Waals surface area contributed by atoms with Crippen LogP contribution >= 0.6 is 11.6 Å². The molecule has 0 saturated carbocycles. The zero-order valence-corrected chi connectivity index (χ0v) is 17.2. The number of rotatable bonds is 5. The minimum absolute atomic E-state index is 0.0480. The van der Waals surface area contributed by atoms with Crippen molar-refractivity contribution in [1.82, 2.24) is 15.3 Å². The maximum absolute atomic E-state index is 6.34. The summed E-state index contributed by atoms with van der Waals surface area (Å²) in [6.45, 7) is 9.45. The molecule has 0 aliphatic carbocycles. The van der Waals surface area contributed by atoms with Gasteiger partial charge in [-0.2, -0.15) is 0 Å². The molecule has 146 valence electrons. The van der Waals surface area contributed by atoms with Crippen molar-refractivity contribution >= 4 is 28.9 Å². The highest BCUT2D eigenvalue weighted by molar-refractivity contribution is 6.31. The minimum Gasteiger partial charge on any atom is -0.393 e. The molecule has 1 aliphatic heterocycles. The normalized spacial score (nSPS) is 18.9. The minimum atomic E-state index is 0.0480. The Morgan fingerprint density at radius 2 is 1.74 bits per heavy atom. The number of piperidine rings is 1. The van der Waals surface area contributed by atoms with E-state index in [9.17, 15) is 0 Å². The van der Waals surface area contributed by atoms with E-state index >= 15 is 0 Å². The molecule has 0 radical (unpaired) electrons. The van der Waals surface area contributed by atoms with Crippen molar-refractivity contribution in [1.29, 1.82) is 0 Å². The standard InChI is InChI=1S/C20H29ClN6/c1-19(2)9-14(10-20(3,4)27-19)26-18-16(22)17(24-12-25-18)23-11-13-7-5-6-8-15(13)21/h5-8,12,14,27H,9-11,22H2,1-4H3,(H2,23,24,25,26). The molecule has 1 aromatic carbocycles. The Hall–Kier alpha value is -2.05. The molecule has 1 fully saturated rings. The number of nitrogen functional groups attached to an aromatic ring is 1. The van der Waals surface area contributed by atoms with Gasteiger partial charge in [0.15, 0.2) is 11.6 Å². The summed E-state index contributed by atoms with van der Waals surface area (Å²) in [6.07, 6.45) is 3.51. The quantitative estimate of drug-likeness (QED) is 0.618. The Morgan fingerprint density at radius 3 is 2.41 bits per heavy atom. The Bertz CT molecular complexity index is 789. The van der Waals surface area contributed by atoms with E-state index in [4.69, 9.17) is 17.3 Å². The molecule has 1 aromatic heterocycles.